The Hall–Kier alpha value is -1.13. The summed E-state index contributed by atoms with van der Waals surface area (Å²) >= 11 is 0. The Labute approximate surface area is 102 Å². The molecule has 0 aromatic carbocycles. The van der Waals surface area contributed by atoms with Gasteiger partial charge in [0.25, 0.3) is 0 Å². The van der Waals surface area contributed by atoms with Crippen LogP contribution in [0, 0.1) is 0 Å². The van der Waals surface area contributed by atoms with Crippen molar-refractivity contribution in [3.8, 4) is 0 Å². The Kier molecular flexibility index (Phi) is 3.97. The van der Waals surface area contributed by atoms with E-state index < -0.39 is 6.10 Å². The molecule has 1 N–H and O–H groups in total. The second-order valence-corrected chi connectivity index (χ2v) is 4.61. The van der Waals surface area contributed by atoms with E-state index in [1.807, 2.05) is 12.1 Å². The smallest absolute Gasteiger partial charge is 0.128 e. The van der Waals surface area contributed by atoms with Crippen LogP contribution in [0.1, 0.15) is 31.9 Å². The first-order chi connectivity index (χ1) is 8.16. The third kappa shape index (κ3) is 3.17. The van der Waals surface area contributed by atoms with Crippen molar-refractivity contribution in [3.63, 3.8) is 0 Å². The first kappa shape index (κ1) is 12.3. The number of hydrogen-bond acceptors (Lipinski definition) is 4. The molecule has 2 heterocycles. The fourth-order valence-corrected chi connectivity index (χ4v) is 2.03. The Bertz CT molecular complexity index is 351. The fourth-order valence-electron chi connectivity index (χ4n) is 2.03. The summed E-state index contributed by atoms with van der Waals surface area (Å²) in [6.45, 7) is 6.51. The largest absolute Gasteiger partial charge is 0.389 e. The standard InChI is InChI=1S/C13H20N2O2/c1-10-9-15(6-3-7-17-10)13-5-4-12(8-14-13)11(2)16/h4-5,8,10-11,16H,3,6-7,9H2,1-2H3/t10?,11-/m1/s1. The summed E-state index contributed by atoms with van der Waals surface area (Å²) in [6.07, 6.45) is 2.57. The zero-order chi connectivity index (χ0) is 12.3. The molecule has 1 unspecified atom stereocenters. The predicted octanol–water partition coefficient (Wildman–Crippen LogP) is 1.75. The van der Waals surface area contributed by atoms with Gasteiger partial charge in [-0.15, -0.1) is 0 Å². The molecule has 1 fully saturated rings. The van der Waals surface area contributed by atoms with E-state index in [2.05, 4.69) is 16.8 Å². The molecule has 4 nitrogen and oxygen atoms in total. The van der Waals surface area contributed by atoms with E-state index in [4.69, 9.17) is 4.74 Å². The van der Waals surface area contributed by atoms with Gasteiger partial charge in [-0.25, -0.2) is 4.98 Å². The average molecular weight is 236 g/mol. The lowest BCUT2D eigenvalue weighted by atomic mass is 10.2. The first-order valence-electron chi connectivity index (χ1n) is 6.17. The zero-order valence-corrected chi connectivity index (χ0v) is 10.5. The van der Waals surface area contributed by atoms with Gasteiger partial charge in [-0.1, -0.05) is 6.07 Å². The van der Waals surface area contributed by atoms with E-state index in [0.29, 0.717) is 0 Å². The minimum atomic E-state index is -0.456. The quantitative estimate of drug-likeness (QED) is 0.849. The lowest BCUT2D eigenvalue weighted by molar-refractivity contribution is 0.0820. The van der Waals surface area contributed by atoms with Crippen LogP contribution < -0.4 is 4.90 Å². The van der Waals surface area contributed by atoms with Crippen LogP contribution in [0.15, 0.2) is 18.3 Å². The molecule has 1 saturated heterocycles. The molecule has 2 atom stereocenters. The lowest BCUT2D eigenvalue weighted by Gasteiger charge is -2.23. The maximum Gasteiger partial charge on any atom is 0.128 e. The molecule has 94 valence electrons. The van der Waals surface area contributed by atoms with Crippen LogP contribution in [0.2, 0.25) is 0 Å². The second kappa shape index (κ2) is 5.47. The molecule has 2 rings (SSSR count). The summed E-state index contributed by atoms with van der Waals surface area (Å²) < 4.78 is 5.61. The Balaban J connectivity index is 2.10. The number of aromatic nitrogens is 1. The van der Waals surface area contributed by atoms with Gasteiger partial charge in [0.05, 0.1) is 12.2 Å². The summed E-state index contributed by atoms with van der Waals surface area (Å²) in [5.41, 5.74) is 0.855. The first-order valence-corrected chi connectivity index (χ1v) is 6.17. The van der Waals surface area contributed by atoms with Crippen LogP contribution in [-0.4, -0.2) is 35.9 Å². The van der Waals surface area contributed by atoms with E-state index in [1.54, 1.807) is 13.1 Å². The SMILES string of the molecule is CC1CN(c2ccc([C@@H](C)O)cn2)CCCO1. The van der Waals surface area contributed by atoms with Gasteiger partial charge >= 0.3 is 0 Å². The third-order valence-corrected chi connectivity index (χ3v) is 3.03. The van der Waals surface area contributed by atoms with Gasteiger partial charge in [0, 0.05) is 25.9 Å². The Morgan fingerprint density at radius 1 is 1.53 bits per heavy atom. The highest BCUT2D eigenvalue weighted by Gasteiger charge is 2.16. The van der Waals surface area contributed by atoms with Crippen molar-refractivity contribution in [2.24, 2.45) is 0 Å². The van der Waals surface area contributed by atoms with Crippen molar-refractivity contribution in [2.45, 2.75) is 32.5 Å². The van der Waals surface area contributed by atoms with Gasteiger partial charge in [-0.3, -0.25) is 0 Å². The van der Waals surface area contributed by atoms with E-state index in [9.17, 15) is 5.11 Å². The summed E-state index contributed by atoms with van der Waals surface area (Å²) in [5.74, 6) is 0.965. The van der Waals surface area contributed by atoms with Gasteiger partial charge in [0.15, 0.2) is 0 Å². The van der Waals surface area contributed by atoms with E-state index in [0.717, 1.165) is 37.5 Å². The summed E-state index contributed by atoms with van der Waals surface area (Å²) in [5, 5.41) is 9.44. The second-order valence-electron chi connectivity index (χ2n) is 4.61. The van der Waals surface area contributed by atoms with Crippen molar-refractivity contribution in [1.82, 2.24) is 4.98 Å². The van der Waals surface area contributed by atoms with Crippen molar-refractivity contribution in [1.29, 1.82) is 0 Å². The van der Waals surface area contributed by atoms with Gasteiger partial charge in [0.1, 0.15) is 5.82 Å². The molecule has 4 heteroatoms. The summed E-state index contributed by atoms with van der Waals surface area (Å²) in [4.78, 5) is 6.65. The van der Waals surface area contributed by atoms with Crippen LogP contribution in [0.25, 0.3) is 0 Å². The fraction of sp³-hybridized carbons (Fsp3) is 0.615. The molecule has 0 aliphatic carbocycles. The monoisotopic (exact) mass is 236 g/mol. The molecule has 17 heavy (non-hydrogen) atoms. The zero-order valence-electron chi connectivity index (χ0n) is 10.5. The number of hydrogen-bond donors (Lipinski definition) is 1. The maximum atomic E-state index is 9.44. The van der Waals surface area contributed by atoms with Gasteiger partial charge in [-0.2, -0.15) is 0 Å². The number of rotatable bonds is 2. The number of aliphatic hydroxyl groups is 1. The molecular formula is C13H20N2O2. The highest BCUT2D eigenvalue weighted by molar-refractivity contribution is 5.39. The molecule has 1 aromatic rings. The van der Waals surface area contributed by atoms with Crippen LogP contribution in [0.4, 0.5) is 5.82 Å². The van der Waals surface area contributed by atoms with Crippen LogP contribution in [0.3, 0.4) is 0 Å². The molecule has 0 amide bonds. The Morgan fingerprint density at radius 2 is 2.35 bits per heavy atom. The minimum absolute atomic E-state index is 0.246. The highest BCUT2D eigenvalue weighted by Crippen LogP contribution is 2.18. The average Bonchev–Trinajstić information content (AvgIpc) is 2.54. The number of pyridine rings is 1. The van der Waals surface area contributed by atoms with E-state index in [-0.39, 0.29) is 6.10 Å². The molecule has 0 spiro atoms. The summed E-state index contributed by atoms with van der Waals surface area (Å²) in [7, 11) is 0. The molecular weight excluding hydrogens is 216 g/mol. The molecule has 0 bridgehead atoms. The highest BCUT2D eigenvalue weighted by atomic mass is 16.5. The molecule has 0 radical (unpaired) electrons. The molecule has 0 saturated carbocycles. The van der Waals surface area contributed by atoms with Crippen LogP contribution >= 0.6 is 0 Å². The van der Waals surface area contributed by atoms with Gasteiger partial charge < -0.3 is 14.7 Å². The number of aliphatic hydroxyl groups excluding tert-OH is 1. The minimum Gasteiger partial charge on any atom is -0.389 e. The van der Waals surface area contributed by atoms with Gasteiger partial charge in [-0.05, 0) is 31.9 Å². The number of nitrogens with zero attached hydrogens (tertiary/aromatic N) is 2. The predicted molar refractivity (Wildman–Crippen MR) is 67.1 cm³/mol. The molecule has 1 aliphatic heterocycles. The van der Waals surface area contributed by atoms with E-state index >= 15 is 0 Å². The van der Waals surface area contributed by atoms with Gasteiger partial charge in [0.2, 0.25) is 0 Å². The van der Waals surface area contributed by atoms with Crippen molar-refractivity contribution >= 4 is 5.82 Å². The van der Waals surface area contributed by atoms with Crippen molar-refractivity contribution in [2.75, 3.05) is 24.6 Å². The lowest BCUT2D eigenvalue weighted by Crippen LogP contribution is -2.30. The topological polar surface area (TPSA) is 45.6 Å². The van der Waals surface area contributed by atoms with E-state index in [1.165, 1.54) is 0 Å². The van der Waals surface area contributed by atoms with Crippen LogP contribution in [-0.2, 0) is 4.74 Å². The van der Waals surface area contributed by atoms with Crippen LogP contribution in [0.5, 0.6) is 0 Å². The van der Waals surface area contributed by atoms with Crippen molar-refractivity contribution in [3.05, 3.63) is 23.9 Å². The molecule has 1 aliphatic rings. The molecule has 1 aromatic heterocycles. The van der Waals surface area contributed by atoms with Crippen molar-refractivity contribution < 1.29 is 9.84 Å². The normalized spacial score (nSPS) is 23.2. The third-order valence-electron chi connectivity index (χ3n) is 3.03. The summed E-state index contributed by atoms with van der Waals surface area (Å²) in [6, 6.07) is 3.91. The number of anilines is 1. The maximum absolute atomic E-state index is 9.44. The Morgan fingerprint density at radius 3 is 3.00 bits per heavy atom. The number of ether oxygens (including phenoxy) is 1.